The van der Waals surface area contributed by atoms with Crippen molar-refractivity contribution in [3.05, 3.63) is 70.8 Å². The quantitative estimate of drug-likeness (QED) is 0.535. The Bertz CT molecular complexity index is 738. The van der Waals surface area contributed by atoms with Gasteiger partial charge in [0.25, 0.3) is 0 Å². The zero-order valence-corrected chi connectivity index (χ0v) is 16.8. The maximum atomic E-state index is 5.91. The van der Waals surface area contributed by atoms with Crippen LogP contribution in [0.25, 0.3) is 0 Å². The molecule has 1 fully saturated rings. The molecule has 1 aliphatic rings. The van der Waals surface area contributed by atoms with Crippen molar-refractivity contribution in [3.63, 3.8) is 0 Å². The number of benzene rings is 2. The average Bonchev–Trinajstić information content (AvgIpc) is 2.73. The molecule has 0 saturated heterocycles. The molecule has 3 rings (SSSR count). The van der Waals surface area contributed by atoms with E-state index >= 15 is 0 Å². The van der Waals surface area contributed by atoms with Gasteiger partial charge in [-0.1, -0.05) is 56.4 Å². The molecular weight excluding hydrogens is 328 g/mol. The number of aryl methyl sites for hydroxylation is 1. The van der Waals surface area contributed by atoms with E-state index in [2.05, 4.69) is 74.2 Å². The SMILES string of the molecule is CCCOC1CCC(c2ccc(C#Cc3ccc(CCC)cc3)cc2)CC1. The van der Waals surface area contributed by atoms with Gasteiger partial charge in [-0.3, -0.25) is 0 Å². The highest BCUT2D eigenvalue weighted by Crippen LogP contribution is 2.34. The van der Waals surface area contributed by atoms with Crippen LogP contribution in [0.2, 0.25) is 0 Å². The van der Waals surface area contributed by atoms with E-state index in [4.69, 9.17) is 4.74 Å². The third kappa shape index (κ3) is 5.98. The predicted molar refractivity (Wildman–Crippen MR) is 114 cm³/mol. The molecule has 0 aromatic heterocycles. The average molecular weight is 361 g/mol. The standard InChI is InChI=1S/C26H32O/c1-3-5-21-6-8-22(9-7-21)10-11-23-12-14-24(15-13-23)25-16-18-26(19-17-25)27-20-4-2/h6-9,12-15,25-26H,3-5,16-20H2,1-2H3. The van der Waals surface area contributed by atoms with Gasteiger partial charge in [0.2, 0.25) is 0 Å². The fourth-order valence-corrected chi connectivity index (χ4v) is 3.87. The summed E-state index contributed by atoms with van der Waals surface area (Å²) in [6, 6.07) is 17.5. The lowest BCUT2D eigenvalue weighted by atomic mass is 9.82. The Hall–Kier alpha value is -2.04. The fourth-order valence-electron chi connectivity index (χ4n) is 3.87. The fraction of sp³-hybridized carbons (Fsp3) is 0.462. The third-order valence-electron chi connectivity index (χ3n) is 5.46. The number of ether oxygens (including phenoxy) is 1. The van der Waals surface area contributed by atoms with Gasteiger partial charge in [0.1, 0.15) is 0 Å². The first-order chi connectivity index (χ1) is 13.3. The molecule has 1 heteroatoms. The number of hydrogen-bond acceptors (Lipinski definition) is 1. The molecule has 142 valence electrons. The van der Waals surface area contributed by atoms with Crippen LogP contribution in [0.5, 0.6) is 0 Å². The van der Waals surface area contributed by atoms with Crippen molar-refractivity contribution < 1.29 is 4.74 Å². The van der Waals surface area contributed by atoms with Gasteiger partial charge >= 0.3 is 0 Å². The van der Waals surface area contributed by atoms with Crippen LogP contribution in [-0.2, 0) is 11.2 Å². The minimum atomic E-state index is 0.482. The Balaban J connectivity index is 1.55. The molecule has 0 heterocycles. The first kappa shape index (κ1) is 19.7. The maximum absolute atomic E-state index is 5.91. The second kappa shape index (κ2) is 10.3. The zero-order chi connectivity index (χ0) is 18.9. The molecule has 27 heavy (non-hydrogen) atoms. The second-order valence-corrected chi connectivity index (χ2v) is 7.66. The highest BCUT2D eigenvalue weighted by atomic mass is 16.5. The Morgan fingerprint density at radius 2 is 1.37 bits per heavy atom. The Labute approximate surface area is 165 Å². The zero-order valence-electron chi connectivity index (χ0n) is 16.8. The molecule has 0 bridgehead atoms. The summed E-state index contributed by atoms with van der Waals surface area (Å²) in [5.41, 5.74) is 5.03. The number of rotatable bonds is 6. The van der Waals surface area contributed by atoms with E-state index < -0.39 is 0 Å². The van der Waals surface area contributed by atoms with E-state index in [0.29, 0.717) is 12.0 Å². The lowest BCUT2D eigenvalue weighted by Crippen LogP contribution is -2.21. The molecule has 0 atom stereocenters. The molecule has 2 aromatic carbocycles. The van der Waals surface area contributed by atoms with Crippen molar-refractivity contribution in [2.75, 3.05) is 6.61 Å². The van der Waals surface area contributed by atoms with E-state index in [1.54, 1.807) is 0 Å². The summed E-state index contributed by atoms with van der Waals surface area (Å²) in [5.74, 6) is 7.27. The topological polar surface area (TPSA) is 9.23 Å². The van der Waals surface area contributed by atoms with Crippen LogP contribution in [0.3, 0.4) is 0 Å². The van der Waals surface area contributed by atoms with Crippen LogP contribution >= 0.6 is 0 Å². The molecule has 1 nitrogen and oxygen atoms in total. The van der Waals surface area contributed by atoms with Crippen LogP contribution < -0.4 is 0 Å². The highest BCUT2D eigenvalue weighted by Gasteiger charge is 2.22. The molecule has 0 amide bonds. The van der Waals surface area contributed by atoms with Crippen LogP contribution in [0.4, 0.5) is 0 Å². The van der Waals surface area contributed by atoms with Crippen molar-refractivity contribution in [1.82, 2.24) is 0 Å². The van der Waals surface area contributed by atoms with Crippen molar-refractivity contribution >= 4 is 0 Å². The molecule has 0 N–H and O–H groups in total. The maximum Gasteiger partial charge on any atom is 0.0575 e. The van der Waals surface area contributed by atoms with Gasteiger partial charge in [-0.05, 0) is 79.8 Å². The summed E-state index contributed by atoms with van der Waals surface area (Å²) in [5, 5.41) is 0. The Kier molecular flexibility index (Phi) is 7.55. The molecular formula is C26H32O. The molecule has 0 radical (unpaired) electrons. The normalized spacial score (nSPS) is 19.3. The van der Waals surface area contributed by atoms with Crippen LogP contribution in [0.15, 0.2) is 48.5 Å². The first-order valence-corrected chi connectivity index (χ1v) is 10.6. The summed E-state index contributed by atoms with van der Waals surface area (Å²) < 4.78 is 5.91. The third-order valence-corrected chi connectivity index (χ3v) is 5.46. The van der Waals surface area contributed by atoms with Crippen LogP contribution in [-0.4, -0.2) is 12.7 Å². The van der Waals surface area contributed by atoms with E-state index in [9.17, 15) is 0 Å². The summed E-state index contributed by atoms with van der Waals surface area (Å²) in [6.07, 6.45) is 8.79. The van der Waals surface area contributed by atoms with Gasteiger partial charge in [0.05, 0.1) is 6.10 Å². The highest BCUT2D eigenvalue weighted by molar-refractivity contribution is 5.44. The molecule has 2 aromatic rings. The van der Waals surface area contributed by atoms with Crippen LogP contribution in [0.1, 0.15) is 80.5 Å². The molecule has 0 unspecified atom stereocenters. The van der Waals surface area contributed by atoms with Crippen molar-refractivity contribution in [2.24, 2.45) is 0 Å². The minimum Gasteiger partial charge on any atom is -0.378 e. The van der Waals surface area contributed by atoms with Crippen molar-refractivity contribution in [1.29, 1.82) is 0 Å². The largest absolute Gasteiger partial charge is 0.378 e. The second-order valence-electron chi connectivity index (χ2n) is 7.66. The van der Waals surface area contributed by atoms with E-state index in [1.165, 1.54) is 43.2 Å². The van der Waals surface area contributed by atoms with Gasteiger partial charge in [-0.15, -0.1) is 0 Å². The predicted octanol–water partition coefficient (Wildman–Crippen LogP) is 6.49. The Morgan fingerprint density at radius 1 is 0.778 bits per heavy atom. The molecule has 1 saturated carbocycles. The lowest BCUT2D eigenvalue weighted by molar-refractivity contribution is 0.0251. The summed E-state index contributed by atoms with van der Waals surface area (Å²) in [7, 11) is 0. The van der Waals surface area contributed by atoms with Gasteiger partial charge in [-0.25, -0.2) is 0 Å². The monoisotopic (exact) mass is 360 g/mol. The first-order valence-electron chi connectivity index (χ1n) is 10.6. The molecule has 1 aliphatic carbocycles. The van der Waals surface area contributed by atoms with E-state index in [1.807, 2.05) is 0 Å². The minimum absolute atomic E-state index is 0.482. The van der Waals surface area contributed by atoms with E-state index in [-0.39, 0.29) is 0 Å². The van der Waals surface area contributed by atoms with Gasteiger partial charge < -0.3 is 4.74 Å². The lowest BCUT2D eigenvalue weighted by Gasteiger charge is -2.28. The number of hydrogen-bond donors (Lipinski definition) is 0. The molecule has 0 spiro atoms. The summed E-state index contributed by atoms with van der Waals surface area (Å²) in [6.45, 7) is 5.30. The summed E-state index contributed by atoms with van der Waals surface area (Å²) in [4.78, 5) is 0. The van der Waals surface area contributed by atoms with Crippen molar-refractivity contribution in [3.8, 4) is 11.8 Å². The Morgan fingerprint density at radius 3 is 1.93 bits per heavy atom. The molecule has 0 aliphatic heterocycles. The van der Waals surface area contributed by atoms with Gasteiger partial charge in [0, 0.05) is 17.7 Å². The summed E-state index contributed by atoms with van der Waals surface area (Å²) >= 11 is 0. The van der Waals surface area contributed by atoms with Gasteiger partial charge in [-0.2, -0.15) is 0 Å². The van der Waals surface area contributed by atoms with E-state index in [0.717, 1.165) is 30.6 Å². The van der Waals surface area contributed by atoms with Crippen LogP contribution in [0, 0.1) is 11.8 Å². The van der Waals surface area contributed by atoms with Gasteiger partial charge in [0.15, 0.2) is 0 Å². The van der Waals surface area contributed by atoms with Crippen molar-refractivity contribution in [2.45, 2.75) is 70.8 Å². The smallest absolute Gasteiger partial charge is 0.0575 e.